The predicted molar refractivity (Wildman–Crippen MR) is 98.5 cm³/mol. The largest absolute Gasteiger partial charge is 0.351 e. The lowest BCUT2D eigenvalue weighted by atomic mass is 10.00. The maximum atomic E-state index is 12.8. The van der Waals surface area contributed by atoms with Crippen molar-refractivity contribution in [2.75, 3.05) is 38.5 Å². The third-order valence-electron chi connectivity index (χ3n) is 4.40. The van der Waals surface area contributed by atoms with Crippen molar-refractivity contribution < 1.29 is 9.59 Å². The molecule has 6 heteroatoms. The second-order valence-corrected chi connectivity index (χ2v) is 6.21. The Kier molecular flexibility index (Phi) is 5.00. The second-order valence-electron chi connectivity index (χ2n) is 6.21. The highest BCUT2D eigenvalue weighted by molar-refractivity contribution is 5.99. The van der Waals surface area contributed by atoms with Crippen LogP contribution in [0.1, 0.15) is 10.4 Å². The molecule has 2 aromatic carbocycles. The van der Waals surface area contributed by atoms with Crippen molar-refractivity contribution in [2.45, 2.75) is 0 Å². The Bertz CT molecular complexity index is 768. The van der Waals surface area contributed by atoms with E-state index in [1.165, 1.54) is 0 Å². The highest BCUT2D eigenvalue weighted by Crippen LogP contribution is 2.29. The van der Waals surface area contributed by atoms with E-state index < -0.39 is 6.03 Å². The molecular weight excluding hydrogens is 316 g/mol. The molecule has 130 valence electrons. The van der Waals surface area contributed by atoms with Crippen LogP contribution in [0, 0.1) is 0 Å². The first-order chi connectivity index (χ1) is 12.0. The van der Waals surface area contributed by atoms with E-state index >= 15 is 0 Å². The summed E-state index contributed by atoms with van der Waals surface area (Å²) in [5.41, 5.74) is 8.16. The van der Waals surface area contributed by atoms with E-state index in [2.05, 4.69) is 17.3 Å². The zero-order valence-corrected chi connectivity index (χ0v) is 14.2. The number of primary amides is 1. The Hall–Kier alpha value is -2.86. The van der Waals surface area contributed by atoms with E-state index in [1.54, 1.807) is 12.1 Å². The average molecular weight is 338 g/mol. The third-order valence-corrected chi connectivity index (χ3v) is 4.40. The Morgan fingerprint density at radius 1 is 1.00 bits per heavy atom. The molecule has 3 amide bonds. The van der Waals surface area contributed by atoms with E-state index in [4.69, 9.17) is 5.73 Å². The Morgan fingerprint density at radius 3 is 2.32 bits per heavy atom. The van der Waals surface area contributed by atoms with Gasteiger partial charge in [0.15, 0.2) is 0 Å². The fourth-order valence-electron chi connectivity index (χ4n) is 2.97. The van der Waals surface area contributed by atoms with Crippen molar-refractivity contribution in [3.8, 4) is 11.1 Å². The number of nitrogens with one attached hydrogen (secondary N) is 1. The molecule has 1 fully saturated rings. The van der Waals surface area contributed by atoms with Crippen LogP contribution in [0.3, 0.4) is 0 Å². The number of benzene rings is 2. The summed E-state index contributed by atoms with van der Waals surface area (Å²) in [7, 11) is 2.06. The number of hydrogen-bond donors (Lipinski definition) is 2. The molecule has 0 unspecified atom stereocenters. The summed E-state index contributed by atoms with van der Waals surface area (Å²) in [6.45, 7) is 3.19. The average Bonchev–Trinajstić information content (AvgIpc) is 2.62. The molecule has 0 saturated carbocycles. The van der Waals surface area contributed by atoms with Gasteiger partial charge in [0.2, 0.25) is 0 Å². The van der Waals surface area contributed by atoms with E-state index in [-0.39, 0.29) is 5.91 Å². The maximum Gasteiger partial charge on any atom is 0.316 e. The lowest BCUT2D eigenvalue weighted by Crippen LogP contribution is -2.47. The second kappa shape index (κ2) is 7.36. The highest BCUT2D eigenvalue weighted by atomic mass is 16.2. The highest BCUT2D eigenvalue weighted by Gasteiger charge is 2.21. The van der Waals surface area contributed by atoms with Crippen molar-refractivity contribution in [1.29, 1.82) is 0 Å². The number of urea groups is 1. The van der Waals surface area contributed by atoms with Crippen LogP contribution in [0.4, 0.5) is 10.5 Å². The molecule has 0 aliphatic carbocycles. The first-order valence-electron chi connectivity index (χ1n) is 8.28. The van der Waals surface area contributed by atoms with Gasteiger partial charge >= 0.3 is 6.03 Å². The van der Waals surface area contributed by atoms with Crippen LogP contribution in [0.15, 0.2) is 48.5 Å². The summed E-state index contributed by atoms with van der Waals surface area (Å²) in [5, 5.41) is 2.63. The van der Waals surface area contributed by atoms with Crippen LogP contribution < -0.4 is 11.1 Å². The van der Waals surface area contributed by atoms with Crippen molar-refractivity contribution in [3.05, 3.63) is 54.1 Å². The van der Waals surface area contributed by atoms with E-state index in [0.717, 1.165) is 37.3 Å². The van der Waals surface area contributed by atoms with Crippen LogP contribution in [0.25, 0.3) is 11.1 Å². The number of anilines is 1. The number of nitrogens with zero attached hydrogens (tertiary/aromatic N) is 2. The number of rotatable bonds is 3. The molecule has 2 aromatic rings. The molecule has 1 aliphatic rings. The number of piperazine rings is 1. The van der Waals surface area contributed by atoms with Crippen molar-refractivity contribution in [3.63, 3.8) is 0 Å². The van der Waals surface area contributed by atoms with Crippen LogP contribution in [0.5, 0.6) is 0 Å². The first kappa shape index (κ1) is 17.0. The van der Waals surface area contributed by atoms with E-state index in [9.17, 15) is 9.59 Å². The molecule has 3 N–H and O–H groups in total. The number of carbonyl (C=O) groups excluding carboxylic acids is 2. The third kappa shape index (κ3) is 3.97. The zero-order valence-electron chi connectivity index (χ0n) is 14.2. The van der Waals surface area contributed by atoms with Gasteiger partial charge in [-0.2, -0.15) is 0 Å². The molecule has 1 heterocycles. The molecule has 0 spiro atoms. The minimum absolute atomic E-state index is 0.0101. The van der Waals surface area contributed by atoms with Crippen LogP contribution >= 0.6 is 0 Å². The zero-order chi connectivity index (χ0) is 17.8. The molecule has 0 atom stereocenters. The summed E-state index contributed by atoms with van der Waals surface area (Å²) in [6, 6.07) is 14.3. The summed E-state index contributed by atoms with van der Waals surface area (Å²) in [6.07, 6.45) is 0. The van der Waals surface area contributed by atoms with Gasteiger partial charge in [0, 0.05) is 37.3 Å². The number of nitrogens with two attached hydrogens (primary N) is 1. The van der Waals surface area contributed by atoms with Gasteiger partial charge in [0.1, 0.15) is 0 Å². The minimum atomic E-state index is -0.629. The molecule has 1 saturated heterocycles. The van der Waals surface area contributed by atoms with Crippen molar-refractivity contribution in [2.24, 2.45) is 5.73 Å². The fraction of sp³-hybridized carbons (Fsp3) is 0.263. The Balaban J connectivity index is 1.93. The van der Waals surface area contributed by atoms with Crippen molar-refractivity contribution in [1.82, 2.24) is 9.80 Å². The normalized spacial score (nSPS) is 15.0. The Morgan fingerprint density at radius 2 is 1.68 bits per heavy atom. The van der Waals surface area contributed by atoms with Crippen molar-refractivity contribution >= 4 is 17.6 Å². The monoisotopic (exact) mass is 338 g/mol. The van der Waals surface area contributed by atoms with Crippen LogP contribution in [-0.2, 0) is 0 Å². The molecule has 1 aliphatic heterocycles. The molecule has 0 aromatic heterocycles. The lowest BCUT2D eigenvalue weighted by molar-refractivity contribution is 0.0664. The van der Waals surface area contributed by atoms with Crippen LogP contribution in [0.2, 0.25) is 0 Å². The number of likely N-dealkylation sites (N-methyl/N-ethyl adjacent to an activating group) is 1. The van der Waals surface area contributed by atoms with Gasteiger partial charge in [-0.3, -0.25) is 4.79 Å². The smallest absolute Gasteiger partial charge is 0.316 e. The van der Waals surface area contributed by atoms with Gasteiger partial charge in [-0.15, -0.1) is 0 Å². The minimum Gasteiger partial charge on any atom is -0.351 e. The van der Waals surface area contributed by atoms with Gasteiger partial charge in [-0.1, -0.05) is 30.3 Å². The molecule has 0 radical (unpaired) electrons. The quantitative estimate of drug-likeness (QED) is 0.901. The molecule has 0 bridgehead atoms. The van der Waals surface area contributed by atoms with Gasteiger partial charge in [0.05, 0.1) is 5.69 Å². The standard InChI is InChI=1S/C19H22N4O2/c1-22-9-11-23(12-10-22)18(24)15-7-8-17(21-19(20)25)16(13-15)14-5-3-2-4-6-14/h2-8,13H,9-12H2,1H3,(H3,20,21,25). The molecule has 6 nitrogen and oxygen atoms in total. The number of carbonyl (C=O) groups is 2. The van der Waals surface area contributed by atoms with E-state index in [0.29, 0.717) is 11.3 Å². The van der Waals surface area contributed by atoms with E-state index in [1.807, 2.05) is 41.3 Å². The van der Waals surface area contributed by atoms with Crippen LogP contribution in [-0.4, -0.2) is 55.0 Å². The topological polar surface area (TPSA) is 78.7 Å². The maximum absolute atomic E-state index is 12.8. The summed E-state index contributed by atoms with van der Waals surface area (Å²) in [5.74, 6) is 0.0101. The number of hydrogen-bond acceptors (Lipinski definition) is 3. The lowest BCUT2D eigenvalue weighted by Gasteiger charge is -2.32. The first-order valence-corrected chi connectivity index (χ1v) is 8.28. The summed E-state index contributed by atoms with van der Waals surface area (Å²) >= 11 is 0. The van der Waals surface area contributed by atoms with Gasteiger partial charge in [0.25, 0.3) is 5.91 Å². The Labute approximate surface area is 147 Å². The number of amides is 3. The fourth-order valence-corrected chi connectivity index (χ4v) is 2.97. The molecular formula is C19H22N4O2. The van der Waals surface area contributed by atoms with Gasteiger partial charge < -0.3 is 20.9 Å². The SMILES string of the molecule is CN1CCN(C(=O)c2ccc(NC(N)=O)c(-c3ccccc3)c2)CC1. The predicted octanol–water partition coefficient (Wildman–Crippen LogP) is 2.23. The molecule has 25 heavy (non-hydrogen) atoms. The summed E-state index contributed by atoms with van der Waals surface area (Å²) < 4.78 is 0. The van der Waals surface area contributed by atoms with Gasteiger partial charge in [-0.05, 0) is 30.8 Å². The molecule has 3 rings (SSSR count). The van der Waals surface area contributed by atoms with Gasteiger partial charge in [-0.25, -0.2) is 4.79 Å². The summed E-state index contributed by atoms with van der Waals surface area (Å²) in [4.78, 5) is 28.2.